The van der Waals surface area contributed by atoms with Crippen molar-refractivity contribution in [3.8, 4) is 0 Å². The lowest BCUT2D eigenvalue weighted by Crippen LogP contribution is -2.54. The summed E-state index contributed by atoms with van der Waals surface area (Å²) in [6.07, 6.45) is 0. The van der Waals surface area contributed by atoms with Crippen LogP contribution < -0.4 is 0 Å². The Bertz CT molecular complexity index is 195. The number of piperazine rings is 1. The lowest BCUT2D eigenvalue weighted by atomic mass is 10.1. The minimum absolute atomic E-state index is 0.0656. The molecule has 0 saturated carbocycles. The van der Waals surface area contributed by atoms with Crippen LogP contribution in [0.5, 0.6) is 0 Å². The molecular weight excluding hydrogens is 188 g/mol. The maximum absolute atomic E-state index is 5.85. The van der Waals surface area contributed by atoms with Crippen molar-refractivity contribution in [2.45, 2.75) is 52.7 Å². The van der Waals surface area contributed by atoms with Crippen molar-refractivity contribution >= 4 is 0 Å². The van der Waals surface area contributed by atoms with Gasteiger partial charge in [-0.3, -0.25) is 9.74 Å². The van der Waals surface area contributed by atoms with E-state index in [0.29, 0.717) is 0 Å². The fraction of sp³-hybridized carbons (Fsp3) is 1.00. The third kappa shape index (κ3) is 4.49. The number of hydrogen-bond acceptors (Lipinski definition) is 3. The predicted molar refractivity (Wildman–Crippen MR) is 63.7 cm³/mol. The highest BCUT2D eigenvalue weighted by molar-refractivity contribution is 4.80. The quantitative estimate of drug-likeness (QED) is 0.665. The first kappa shape index (κ1) is 12.9. The van der Waals surface area contributed by atoms with Crippen molar-refractivity contribution in [2.75, 3.05) is 26.2 Å². The Hall–Kier alpha value is -0.120. The molecule has 0 aromatic carbocycles. The molecule has 0 aromatic rings. The van der Waals surface area contributed by atoms with Crippen LogP contribution in [-0.4, -0.2) is 47.3 Å². The Kier molecular flexibility index (Phi) is 3.80. The third-order valence-corrected chi connectivity index (χ3v) is 2.59. The van der Waals surface area contributed by atoms with E-state index in [4.69, 9.17) is 4.84 Å². The van der Waals surface area contributed by atoms with E-state index in [9.17, 15) is 0 Å². The van der Waals surface area contributed by atoms with Crippen LogP contribution in [0.3, 0.4) is 0 Å². The minimum atomic E-state index is -0.0656. The fourth-order valence-corrected chi connectivity index (χ4v) is 1.84. The van der Waals surface area contributed by atoms with Crippen LogP contribution in [0.4, 0.5) is 0 Å². The maximum atomic E-state index is 5.85. The smallest absolute Gasteiger partial charge is 0.0815 e. The molecule has 3 heteroatoms. The van der Waals surface area contributed by atoms with Crippen LogP contribution in [0.25, 0.3) is 0 Å². The number of hydrogen-bond donors (Lipinski definition) is 0. The molecule has 1 aliphatic heterocycles. The second-order valence-corrected chi connectivity index (χ2v) is 6.29. The van der Waals surface area contributed by atoms with Crippen molar-refractivity contribution in [1.82, 2.24) is 9.96 Å². The summed E-state index contributed by atoms with van der Waals surface area (Å²) >= 11 is 0. The first-order valence-electron chi connectivity index (χ1n) is 5.88. The molecule has 0 amide bonds. The van der Waals surface area contributed by atoms with Crippen LogP contribution >= 0.6 is 0 Å². The van der Waals surface area contributed by atoms with Crippen molar-refractivity contribution in [3.05, 3.63) is 0 Å². The predicted octanol–water partition coefficient (Wildman–Crippen LogP) is 2.13. The van der Waals surface area contributed by atoms with Crippen molar-refractivity contribution < 1.29 is 4.84 Å². The van der Waals surface area contributed by atoms with Gasteiger partial charge in [0.2, 0.25) is 0 Å². The topological polar surface area (TPSA) is 15.7 Å². The van der Waals surface area contributed by atoms with Crippen LogP contribution in [0.15, 0.2) is 0 Å². The lowest BCUT2D eigenvalue weighted by molar-refractivity contribution is -0.243. The molecule has 0 N–H and O–H groups in total. The van der Waals surface area contributed by atoms with E-state index >= 15 is 0 Å². The second-order valence-electron chi connectivity index (χ2n) is 6.29. The van der Waals surface area contributed by atoms with Gasteiger partial charge in [-0.25, -0.2) is 0 Å². The molecule has 0 atom stereocenters. The zero-order valence-electron chi connectivity index (χ0n) is 11.1. The first-order chi connectivity index (χ1) is 6.68. The molecule has 1 saturated heterocycles. The van der Waals surface area contributed by atoms with Crippen LogP contribution in [0.1, 0.15) is 41.5 Å². The molecule has 0 aromatic heterocycles. The summed E-state index contributed by atoms with van der Waals surface area (Å²) in [5.74, 6) is 0. The summed E-state index contributed by atoms with van der Waals surface area (Å²) < 4.78 is 0. The van der Waals surface area contributed by atoms with Crippen LogP contribution in [0.2, 0.25) is 0 Å². The van der Waals surface area contributed by atoms with E-state index in [1.807, 2.05) is 0 Å². The monoisotopic (exact) mass is 214 g/mol. The van der Waals surface area contributed by atoms with Gasteiger partial charge in [0.15, 0.2) is 0 Å². The molecule has 1 heterocycles. The van der Waals surface area contributed by atoms with Gasteiger partial charge in [-0.2, -0.15) is 5.06 Å². The lowest BCUT2D eigenvalue weighted by Gasteiger charge is -2.43. The van der Waals surface area contributed by atoms with Gasteiger partial charge in [-0.05, 0) is 41.5 Å². The second kappa shape index (κ2) is 4.40. The zero-order chi connectivity index (χ0) is 11.7. The Morgan fingerprint density at radius 1 is 0.800 bits per heavy atom. The summed E-state index contributed by atoms with van der Waals surface area (Å²) in [6.45, 7) is 17.3. The highest BCUT2D eigenvalue weighted by atomic mass is 16.7. The van der Waals surface area contributed by atoms with Gasteiger partial charge in [0, 0.05) is 31.7 Å². The van der Waals surface area contributed by atoms with Gasteiger partial charge in [-0.1, -0.05) is 0 Å². The van der Waals surface area contributed by atoms with Gasteiger partial charge < -0.3 is 0 Å². The average molecular weight is 214 g/mol. The summed E-state index contributed by atoms with van der Waals surface area (Å²) in [5.41, 5.74) is 0.220. The minimum Gasteiger partial charge on any atom is -0.296 e. The first-order valence-corrected chi connectivity index (χ1v) is 5.88. The summed E-state index contributed by atoms with van der Waals surface area (Å²) in [6, 6.07) is 0. The molecule has 1 rings (SSSR count). The van der Waals surface area contributed by atoms with E-state index in [1.54, 1.807) is 0 Å². The standard InChI is InChI=1S/C12H26N2O/c1-11(2,3)13-7-9-14(10-8-13)15-12(4,5)6/h7-10H2,1-6H3. The van der Waals surface area contributed by atoms with Crippen LogP contribution in [0, 0.1) is 0 Å². The van der Waals surface area contributed by atoms with Gasteiger partial charge in [0.1, 0.15) is 0 Å². The maximum Gasteiger partial charge on any atom is 0.0815 e. The summed E-state index contributed by atoms with van der Waals surface area (Å²) in [4.78, 5) is 8.36. The van der Waals surface area contributed by atoms with E-state index in [2.05, 4.69) is 51.5 Å². The molecule has 0 radical (unpaired) electrons. The average Bonchev–Trinajstić information content (AvgIpc) is 2.00. The Balaban J connectivity index is 2.37. The SMILES string of the molecule is CC(C)(C)ON1CCN(C(C)(C)C)CC1. The van der Waals surface area contributed by atoms with Gasteiger partial charge >= 0.3 is 0 Å². The molecule has 1 aliphatic rings. The van der Waals surface area contributed by atoms with E-state index in [0.717, 1.165) is 26.2 Å². The van der Waals surface area contributed by atoms with Gasteiger partial charge in [0.05, 0.1) is 5.60 Å². The normalized spacial score (nSPS) is 22.0. The molecule has 0 bridgehead atoms. The molecule has 1 fully saturated rings. The molecule has 0 spiro atoms. The Morgan fingerprint density at radius 2 is 1.27 bits per heavy atom. The number of nitrogens with zero attached hydrogens (tertiary/aromatic N) is 2. The van der Waals surface area contributed by atoms with Gasteiger partial charge in [0.25, 0.3) is 0 Å². The fourth-order valence-electron chi connectivity index (χ4n) is 1.84. The Morgan fingerprint density at radius 3 is 1.60 bits per heavy atom. The highest BCUT2D eigenvalue weighted by Crippen LogP contribution is 2.18. The van der Waals surface area contributed by atoms with Crippen LogP contribution in [-0.2, 0) is 4.84 Å². The summed E-state index contributed by atoms with van der Waals surface area (Å²) in [5, 5.41) is 2.10. The van der Waals surface area contributed by atoms with Crippen molar-refractivity contribution in [3.63, 3.8) is 0 Å². The van der Waals surface area contributed by atoms with Gasteiger partial charge in [-0.15, -0.1) is 0 Å². The third-order valence-electron chi connectivity index (χ3n) is 2.59. The summed E-state index contributed by atoms with van der Waals surface area (Å²) in [7, 11) is 0. The van der Waals surface area contributed by atoms with E-state index in [1.165, 1.54) is 0 Å². The van der Waals surface area contributed by atoms with Crippen molar-refractivity contribution in [1.29, 1.82) is 0 Å². The molecular formula is C12H26N2O. The van der Waals surface area contributed by atoms with E-state index in [-0.39, 0.29) is 11.1 Å². The molecule has 0 unspecified atom stereocenters. The number of rotatable bonds is 1. The van der Waals surface area contributed by atoms with Crippen molar-refractivity contribution in [2.24, 2.45) is 0 Å². The van der Waals surface area contributed by atoms with E-state index < -0.39 is 0 Å². The Labute approximate surface area is 94.3 Å². The molecule has 3 nitrogen and oxygen atoms in total. The highest BCUT2D eigenvalue weighted by Gasteiger charge is 2.27. The zero-order valence-corrected chi connectivity index (χ0v) is 11.1. The molecule has 0 aliphatic carbocycles. The number of hydroxylamine groups is 2. The largest absolute Gasteiger partial charge is 0.296 e. The molecule has 90 valence electrons. The molecule has 15 heavy (non-hydrogen) atoms.